The fourth-order valence-corrected chi connectivity index (χ4v) is 4.43. The summed E-state index contributed by atoms with van der Waals surface area (Å²) < 4.78 is 50.3. The van der Waals surface area contributed by atoms with Gasteiger partial charge in [0.15, 0.2) is 0 Å². The van der Waals surface area contributed by atoms with Crippen LogP contribution in [0.5, 0.6) is 5.75 Å². The third-order valence-electron chi connectivity index (χ3n) is 6.57. The van der Waals surface area contributed by atoms with Crippen molar-refractivity contribution in [3.05, 3.63) is 64.7 Å². The predicted octanol–water partition coefficient (Wildman–Crippen LogP) is 4.88. The smallest absolute Gasteiger partial charge is 0.452 e. The fraction of sp³-hybridized carbons (Fsp3) is 0.469. The number of hydrogen-bond donors (Lipinski definition) is 4. The number of alkyl halides is 3. The average Bonchev–Trinajstić information content (AvgIpc) is 2.98. The van der Waals surface area contributed by atoms with Gasteiger partial charge in [-0.1, -0.05) is 43.6 Å². The van der Waals surface area contributed by atoms with Crippen LogP contribution in [0.25, 0.3) is 0 Å². The van der Waals surface area contributed by atoms with Crippen LogP contribution in [0.1, 0.15) is 69.4 Å². The molecule has 258 valence electrons. The van der Waals surface area contributed by atoms with Gasteiger partial charge in [0.1, 0.15) is 23.4 Å². The van der Waals surface area contributed by atoms with E-state index in [1.165, 1.54) is 63.4 Å². The lowest BCUT2D eigenvalue weighted by Crippen LogP contribution is -2.54. The number of carbonyl (C=O) groups excluding carboxylic acids is 5. The Morgan fingerprint density at radius 1 is 0.894 bits per heavy atom. The first kappa shape index (κ1) is 38.9. The molecule has 0 fully saturated rings. The van der Waals surface area contributed by atoms with E-state index in [-0.39, 0.29) is 35.5 Å². The van der Waals surface area contributed by atoms with Gasteiger partial charge >= 0.3 is 12.3 Å². The van der Waals surface area contributed by atoms with Crippen molar-refractivity contribution in [1.29, 1.82) is 0 Å². The molecular weight excluding hydrogens is 645 g/mol. The van der Waals surface area contributed by atoms with Gasteiger partial charge in [-0.05, 0) is 75.4 Å². The minimum atomic E-state index is -5.22. The molecule has 4 amide bonds. The number of rotatable bonds is 14. The molecule has 0 bridgehead atoms. The molecule has 3 unspecified atom stereocenters. The number of amides is 4. The van der Waals surface area contributed by atoms with E-state index in [0.717, 1.165) is 0 Å². The highest BCUT2D eigenvalue weighted by Crippen LogP contribution is 2.23. The number of ether oxygens (including phenoxy) is 2. The number of nitrogens with one attached hydrogen (secondary N) is 4. The van der Waals surface area contributed by atoms with Crippen LogP contribution in [0.2, 0.25) is 5.02 Å². The Morgan fingerprint density at radius 3 is 2.06 bits per heavy atom. The highest BCUT2D eigenvalue weighted by molar-refractivity contribution is 6.31. The molecule has 2 aromatic carbocycles. The zero-order valence-corrected chi connectivity index (χ0v) is 27.7. The number of carbonyl (C=O) groups is 5. The maximum Gasteiger partial charge on any atom is 0.452 e. The summed E-state index contributed by atoms with van der Waals surface area (Å²) in [5, 5.41) is 10.0. The largest absolute Gasteiger partial charge is 0.497 e. The van der Waals surface area contributed by atoms with Crippen molar-refractivity contribution in [2.75, 3.05) is 13.7 Å². The molecule has 0 aliphatic rings. The third kappa shape index (κ3) is 12.8. The van der Waals surface area contributed by atoms with Crippen molar-refractivity contribution < 1.29 is 46.6 Å². The molecule has 0 spiro atoms. The van der Waals surface area contributed by atoms with Gasteiger partial charge in [0.25, 0.3) is 11.7 Å². The normalized spacial score (nSPS) is 13.5. The minimum Gasteiger partial charge on any atom is -0.497 e. The lowest BCUT2D eigenvalue weighted by molar-refractivity contribution is -0.175. The van der Waals surface area contributed by atoms with Crippen LogP contribution in [0.15, 0.2) is 48.5 Å². The van der Waals surface area contributed by atoms with Gasteiger partial charge in [-0.25, -0.2) is 4.79 Å². The highest BCUT2D eigenvalue weighted by Gasteiger charge is 2.45. The van der Waals surface area contributed by atoms with Crippen molar-refractivity contribution in [2.45, 2.75) is 77.4 Å². The second-order valence-electron chi connectivity index (χ2n) is 11.9. The van der Waals surface area contributed by atoms with Crippen LogP contribution in [-0.2, 0) is 19.1 Å². The molecule has 0 radical (unpaired) electrons. The lowest BCUT2D eigenvalue weighted by Gasteiger charge is -2.27. The van der Waals surface area contributed by atoms with Gasteiger partial charge < -0.3 is 30.7 Å². The van der Waals surface area contributed by atoms with E-state index in [2.05, 4.69) is 21.3 Å². The summed E-state index contributed by atoms with van der Waals surface area (Å²) >= 11 is 6.01. The predicted molar refractivity (Wildman–Crippen MR) is 168 cm³/mol. The zero-order chi connectivity index (χ0) is 35.5. The SMILES string of the molecule is COc1ccc(C(NC(=O)C(CCCNC(=O)OC(C)(C)C)NC(=O)c2cccc(Cl)c2)C(=O)NC(C(=O)C(F)(F)F)C(C)C)cc1. The molecule has 0 saturated heterocycles. The van der Waals surface area contributed by atoms with Gasteiger partial charge in [0.2, 0.25) is 11.8 Å². The number of halogens is 4. The van der Waals surface area contributed by atoms with Crippen molar-refractivity contribution in [3.63, 3.8) is 0 Å². The number of methoxy groups -OCH3 is 1. The van der Waals surface area contributed by atoms with E-state index in [9.17, 15) is 37.1 Å². The van der Waals surface area contributed by atoms with Gasteiger partial charge in [-0.3, -0.25) is 19.2 Å². The fourth-order valence-electron chi connectivity index (χ4n) is 4.24. The number of ketones is 1. The van der Waals surface area contributed by atoms with Crippen LogP contribution in [-0.4, -0.2) is 67.1 Å². The van der Waals surface area contributed by atoms with Crippen LogP contribution in [0.3, 0.4) is 0 Å². The van der Waals surface area contributed by atoms with Crippen molar-refractivity contribution in [2.24, 2.45) is 5.92 Å². The Bertz CT molecular complexity index is 1410. The van der Waals surface area contributed by atoms with E-state index in [0.29, 0.717) is 5.75 Å². The Hall–Kier alpha value is -4.33. The van der Waals surface area contributed by atoms with Crippen molar-refractivity contribution >= 4 is 41.2 Å². The van der Waals surface area contributed by atoms with E-state index in [1.54, 1.807) is 26.8 Å². The number of Topliss-reactive ketones (excluding diaryl/α,β-unsaturated/α-hetero) is 1. The monoisotopic (exact) mass is 684 g/mol. The number of benzene rings is 2. The van der Waals surface area contributed by atoms with Crippen LogP contribution in [0.4, 0.5) is 18.0 Å². The molecule has 0 aliphatic heterocycles. The first-order valence-corrected chi connectivity index (χ1v) is 15.1. The standard InChI is InChI=1S/C32H40ClF3N4O7/c1-18(2)24(26(41)32(34,35)36)39-29(44)25(19-12-14-22(46-6)15-13-19)40-28(43)23(11-8-16-37-30(45)47-31(3,4)5)38-27(42)20-9-7-10-21(33)17-20/h7,9-10,12-15,17-18,23-25H,8,11,16H2,1-6H3,(H,37,45)(H,38,42)(H,39,44)(H,40,43). The van der Waals surface area contributed by atoms with Crippen molar-refractivity contribution in [1.82, 2.24) is 21.3 Å². The Morgan fingerprint density at radius 2 is 1.53 bits per heavy atom. The lowest BCUT2D eigenvalue weighted by atomic mass is 9.97. The summed E-state index contributed by atoms with van der Waals surface area (Å²) in [6.07, 6.45) is -5.77. The van der Waals surface area contributed by atoms with Gasteiger partial charge in [-0.15, -0.1) is 0 Å². The van der Waals surface area contributed by atoms with Crippen LogP contribution < -0.4 is 26.0 Å². The Kier molecular flexibility index (Phi) is 14.1. The number of hydrogen-bond acceptors (Lipinski definition) is 7. The molecule has 3 atom stereocenters. The van der Waals surface area contributed by atoms with E-state index in [1.807, 2.05) is 0 Å². The molecule has 2 aromatic rings. The van der Waals surface area contributed by atoms with Gasteiger partial charge in [-0.2, -0.15) is 13.2 Å². The zero-order valence-electron chi connectivity index (χ0n) is 26.9. The minimum absolute atomic E-state index is 0.0356. The Labute approximate surface area is 276 Å². The molecule has 0 aliphatic carbocycles. The molecule has 11 nitrogen and oxygen atoms in total. The van der Waals surface area contributed by atoms with Crippen LogP contribution in [0, 0.1) is 5.92 Å². The molecule has 0 saturated carbocycles. The molecule has 0 heterocycles. The first-order valence-electron chi connectivity index (χ1n) is 14.7. The quantitative estimate of drug-likeness (QED) is 0.207. The topological polar surface area (TPSA) is 152 Å². The van der Waals surface area contributed by atoms with Gasteiger partial charge in [0, 0.05) is 17.1 Å². The second kappa shape index (κ2) is 17.0. The first-order chi connectivity index (χ1) is 21.8. The summed E-state index contributed by atoms with van der Waals surface area (Å²) in [5.74, 6) is -5.32. The summed E-state index contributed by atoms with van der Waals surface area (Å²) in [7, 11) is 1.40. The molecule has 4 N–H and O–H groups in total. The maximum atomic E-state index is 13.7. The van der Waals surface area contributed by atoms with E-state index in [4.69, 9.17) is 21.1 Å². The second-order valence-corrected chi connectivity index (χ2v) is 12.4. The summed E-state index contributed by atoms with van der Waals surface area (Å²) in [6.45, 7) is 7.80. The molecule has 0 aromatic heterocycles. The van der Waals surface area contributed by atoms with E-state index < -0.39 is 65.4 Å². The molecule has 15 heteroatoms. The maximum absolute atomic E-state index is 13.7. The third-order valence-corrected chi connectivity index (χ3v) is 6.81. The summed E-state index contributed by atoms with van der Waals surface area (Å²) in [5.41, 5.74) is -0.449. The number of alkyl carbamates (subject to hydrolysis) is 1. The van der Waals surface area contributed by atoms with Gasteiger partial charge in [0.05, 0.1) is 13.2 Å². The van der Waals surface area contributed by atoms with Crippen LogP contribution >= 0.6 is 11.6 Å². The van der Waals surface area contributed by atoms with Crippen molar-refractivity contribution in [3.8, 4) is 5.75 Å². The summed E-state index contributed by atoms with van der Waals surface area (Å²) in [4.78, 5) is 64.5. The Balaban J connectivity index is 2.37. The molecule has 47 heavy (non-hydrogen) atoms. The van der Waals surface area contributed by atoms with E-state index >= 15 is 0 Å². The molecular formula is C32H40ClF3N4O7. The average molecular weight is 685 g/mol. The molecule has 2 rings (SSSR count). The highest BCUT2D eigenvalue weighted by atomic mass is 35.5. The summed E-state index contributed by atoms with van der Waals surface area (Å²) in [6, 6.07) is 6.93.